The third kappa shape index (κ3) is 4.52. The first-order valence-corrected chi connectivity index (χ1v) is 7.06. The van der Waals surface area contributed by atoms with Gasteiger partial charge in [-0.1, -0.05) is 12.8 Å². The number of amides is 1. The van der Waals surface area contributed by atoms with Gasteiger partial charge in [-0.25, -0.2) is 0 Å². The molecular formula is C13H22ClF3N2O. The predicted molar refractivity (Wildman–Crippen MR) is 72.8 cm³/mol. The Hall–Kier alpha value is -0.490. The zero-order valence-corrected chi connectivity index (χ0v) is 12.2. The summed E-state index contributed by atoms with van der Waals surface area (Å²) in [4.78, 5) is 12.1. The molecule has 1 aliphatic heterocycles. The molecule has 3 atom stereocenters. The van der Waals surface area contributed by atoms with Gasteiger partial charge in [0.1, 0.15) is 0 Å². The van der Waals surface area contributed by atoms with E-state index in [1.807, 2.05) is 0 Å². The van der Waals surface area contributed by atoms with Crippen molar-refractivity contribution in [3.8, 4) is 0 Å². The normalized spacial score (nSPS) is 31.2. The van der Waals surface area contributed by atoms with Crippen molar-refractivity contribution in [2.75, 3.05) is 13.1 Å². The fourth-order valence-electron chi connectivity index (χ4n) is 3.12. The average molecular weight is 315 g/mol. The Morgan fingerprint density at radius 2 is 1.80 bits per heavy atom. The maximum absolute atomic E-state index is 12.9. The lowest BCUT2D eigenvalue weighted by atomic mass is 9.78. The van der Waals surface area contributed by atoms with Crippen molar-refractivity contribution >= 4 is 18.3 Å². The molecule has 2 N–H and O–H groups in total. The molecular weight excluding hydrogens is 293 g/mol. The maximum Gasteiger partial charge on any atom is 0.392 e. The number of carbonyl (C=O) groups excluding carboxylic acids is 1. The van der Waals surface area contributed by atoms with Crippen LogP contribution in [-0.4, -0.2) is 31.2 Å². The van der Waals surface area contributed by atoms with Crippen molar-refractivity contribution in [3.63, 3.8) is 0 Å². The molecule has 1 saturated heterocycles. The highest BCUT2D eigenvalue weighted by molar-refractivity contribution is 5.85. The predicted octanol–water partition coefficient (Wildman–Crippen LogP) is 2.65. The lowest BCUT2D eigenvalue weighted by molar-refractivity contribution is -0.198. The minimum Gasteiger partial charge on any atom is -0.352 e. The molecule has 0 bridgehead atoms. The maximum atomic E-state index is 12.9. The molecule has 1 amide bonds. The van der Waals surface area contributed by atoms with Crippen LogP contribution < -0.4 is 10.6 Å². The summed E-state index contributed by atoms with van der Waals surface area (Å²) in [6, 6.07) is -0.0166. The fourth-order valence-corrected chi connectivity index (χ4v) is 3.12. The topological polar surface area (TPSA) is 41.1 Å². The van der Waals surface area contributed by atoms with Gasteiger partial charge in [0.2, 0.25) is 5.91 Å². The highest BCUT2D eigenvalue weighted by atomic mass is 35.5. The Morgan fingerprint density at radius 1 is 1.10 bits per heavy atom. The number of nitrogens with one attached hydrogen (secondary N) is 2. The SMILES string of the molecule is Cl.O=C(N[C@@H]1CCCNC1)C1CCCCC1C(F)(F)F. The third-order valence-corrected chi connectivity index (χ3v) is 4.17. The van der Waals surface area contributed by atoms with E-state index in [1.54, 1.807) is 0 Å². The molecule has 3 nitrogen and oxygen atoms in total. The smallest absolute Gasteiger partial charge is 0.352 e. The van der Waals surface area contributed by atoms with Gasteiger partial charge in [0, 0.05) is 18.5 Å². The van der Waals surface area contributed by atoms with E-state index < -0.39 is 23.9 Å². The van der Waals surface area contributed by atoms with Crippen molar-refractivity contribution in [3.05, 3.63) is 0 Å². The van der Waals surface area contributed by atoms with E-state index in [-0.39, 0.29) is 24.9 Å². The number of hydrogen-bond acceptors (Lipinski definition) is 2. The summed E-state index contributed by atoms with van der Waals surface area (Å²) >= 11 is 0. The molecule has 0 aromatic carbocycles. The third-order valence-electron chi connectivity index (χ3n) is 4.17. The molecule has 0 aromatic heterocycles. The molecule has 1 saturated carbocycles. The zero-order valence-electron chi connectivity index (χ0n) is 11.3. The zero-order chi connectivity index (χ0) is 13.9. The molecule has 0 aromatic rings. The number of rotatable bonds is 2. The standard InChI is InChI=1S/C13H21F3N2O.ClH/c14-13(15,16)11-6-2-1-5-10(11)12(19)18-9-4-3-7-17-8-9;/h9-11,17H,1-8H2,(H,18,19);1H/t9-,10?,11?;/m1./s1. The summed E-state index contributed by atoms with van der Waals surface area (Å²) in [7, 11) is 0. The van der Waals surface area contributed by atoms with Crippen molar-refractivity contribution in [1.82, 2.24) is 10.6 Å². The van der Waals surface area contributed by atoms with Crippen LogP contribution in [0, 0.1) is 11.8 Å². The first-order valence-electron chi connectivity index (χ1n) is 7.06. The molecule has 0 spiro atoms. The molecule has 2 fully saturated rings. The quantitative estimate of drug-likeness (QED) is 0.822. The van der Waals surface area contributed by atoms with Crippen LogP contribution in [0.4, 0.5) is 13.2 Å². The Morgan fingerprint density at radius 3 is 2.40 bits per heavy atom. The van der Waals surface area contributed by atoms with E-state index in [9.17, 15) is 18.0 Å². The van der Waals surface area contributed by atoms with Gasteiger partial charge in [0.15, 0.2) is 0 Å². The average Bonchev–Trinajstić information content (AvgIpc) is 2.39. The van der Waals surface area contributed by atoms with Crippen LogP contribution in [0.3, 0.4) is 0 Å². The lowest BCUT2D eigenvalue weighted by Crippen LogP contribution is -2.50. The van der Waals surface area contributed by atoms with E-state index in [0.29, 0.717) is 25.8 Å². The summed E-state index contributed by atoms with van der Waals surface area (Å²) in [5.74, 6) is -2.76. The fraction of sp³-hybridized carbons (Fsp3) is 0.923. The van der Waals surface area contributed by atoms with Crippen molar-refractivity contribution in [2.45, 2.75) is 50.7 Å². The molecule has 1 aliphatic carbocycles. The van der Waals surface area contributed by atoms with Gasteiger partial charge >= 0.3 is 6.18 Å². The highest BCUT2D eigenvalue weighted by Gasteiger charge is 2.48. The van der Waals surface area contributed by atoms with Crippen LogP contribution in [0.2, 0.25) is 0 Å². The number of alkyl halides is 3. The molecule has 2 unspecified atom stereocenters. The monoisotopic (exact) mass is 314 g/mol. The van der Waals surface area contributed by atoms with Crippen molar-refractivity contribution in [2.24, 2.45) is 11.8 Å². The summed E-state index contributed by atoms with van der Waals surface area (Å²) in [5.41, 5.74) is 0. The number of halogens is 4. The van der Waals surface area contributed by atoms with Crippen LogP contribution in [0.15, 0.2) is 0 Å². The molecule has 7 heteroatoms. The van der Waals surface area contributed by atoms with Crippen LogP contribution >= 0.6 is 12.4 Å². The van der Waals surface area contributed by atoms with Gasteiger partial charge < -0.3 is 10.6 Å². The second-order valence-corrected chi connectivity index (χ2v) is 5.59. The summed E-state index contributed by atoms with van der Waals surface area (Å²) in [6.07, 6.45) is -0.721. The molecule has 2 aliphatic rings. The highest BCUT2D eigenvalue weighted by Crippen LogP contribution is 2.41. The van der Waals surface area contributed by atoms with Crippen LogP contribution in [0.5, 0.6) is 0 Å². The number of piperidine rings is 1. The van der Waals surface area contributed by atoms with Crippen LogP contribution in [0.25, 0.3) is 0 Å². The second kappa shape index (κ2) is 7.50. The number of carbonyl (C=O) groups is 1. The van der Waals surface area contributed by atoms with Crippen molar-refractivity contribution in [1.29, 1.82) is 0 Å². The van der Waals surface area contributed by atoms with Gasteiger partial charge in [0.05, 0.1) is 5.92 Å². The Labute approximate surface area is 123 Å². The van der Waals surface area contributed by atoms with E-state index >= 15 is 0 Å². The Kier molecular flexibility index (Phi) is 6.58. The first-order chi connectivity index (χ1) is 8.98. The molecule has 2 rings (SSSR count). The Balaban J connectivity index is 0.00000200. The van der Waals surface area contributed by atoms with E-state index in [0.717, 1.165) is 19.4 Å². The summed E-state index contributed by atoms with van der Waals surface area (Å²) in [6.45, 7) is 1.58. The van der Waals surface area contributed by atoms with Gasteiger partial charge in [-0.05, 0) is 32.2 Å². The molecule has 20 heavy (non-hydrogen) atoms. The minimum absolute atomic E-state index is 0. The van der Waals surface area contributed by atoms with Gasteiger partial charge in [-0.3, -0.25) is 4.79 Å². The summed E-state index contributed by atoms with van der Waals surface area (Å²) < 4.78 is 38.8. The largest absolute Gasteiger partial charge is 0.392 e. The van der Waals surface area contributed by atoms with Crippen LogP contribution in [-0.2, 0) is 4.79 Å². The van der Waals surface area contributed by atoms with E-state index in [1.165, 1.54) is 0 Å². The van der Waals surface area contributed by atoms with Crippen LogP contribution in [0.1, 0.15) is 38.5 Å². The summed E-state index contributed by atoms with van der Waals surface area (Å²) in [5, 5.41) is 5.94. The van der Waals surface area contributed by atoms with Crippen molar-refractivity contribution < 1.29 is 18.0 Å². The Bertz CT molecular complexity index is 319. The van der Waals surface area contributed by atoms with Gasteiger partial charge in [-0.15, -0.1) is 12.4 Å². The van der Waals surface area contributed by atoms with Gasteiger partial charge in [-0.2, -0.15) is 13.2 Å². The van der Waals surface area contributed by atoms with E-state index in [2.05, 4.69) is 10.6 Å². The number of hydrogen-bond donors (Lipinski definition) is 2. The molecule has 1 heterocycles. The van der Waals surface area contributed by atoms with Gasteiger partial charge in [0.25, 0.3) is 0 Å². The molecule has 118 valence electrons. The minimum atomic E-state index is -4.26. The lowest BCUT2D eigenvalue weighted by Gasteiger charge is -2.33. The molecule has 0 radical (unpaired) electrons. The first kappa shape index (κ1) is 17.6. The van der Waals surface area contributed by atoms with E-state index in [4.69, 9.17) is 0 Å². The second-order valence-electron chi connectivity index (χ2n) is 5.59.